The average Bonchev–Trinajstić information content (AvgIpc) is 2.55. The standard InChI is InChI=1S/C18H12F3NO4/c1-9-3-2-4-12-14(23)13(17(25)26-15(9)12)16(24)22-11-7-5-10(6-8-11)18(19,20)21/h2-8,23H,1H3,(H,22,24). The van der Waals surface area contributed by atoms with E-state index in [1.54, 1.807) is 19.1 Å². The number of hydrogen-bond donors (Lipinski definition) is 2. The molecule has 0 fully saturated rings. The quantitative estimate of drug-likeness (QED) is 0.673. The number of halogens is 3. The van der Waals surface area contributed by atoms with Crippen LogP contribution in [0.3, 0.4) is 0 Å². The smallest absolute Gasteiger partial charge is 0.416 e. The number of benzene rings is 2. The van der Waals surface area contributed by atoms with Crippen molar-refractivity contribution < 1.29 is 27.5 Å². The molecule has 1 aromatic heterocycles. The first-order chi connectivity index (χ1) is 12.2. The van der Waals surface area contributed by atoms with Gasteiger partial charge in [0, 0.05) is 5.69 Å². The Morgan fingerprint density at radius 3 is 2.38 bits per heavy atom. The Labute approximate surface area is 144 Å². The first-order valence-corrected chi connectivity index (χ1v) is 7.42. The first-order valence-electron chi connectivity index (χ1n) is 7.42. The van der Waals surface area contributed by atoms with Gasteiger partial charge in [0.2, 0.25) is 0 Å². The first kappa shape index (κ1) is 17.5. The second kappa shape index (κ2) is 6.21. The van der Waals surface area contributed by atoms with Crippen LogP contribution in [0.2, 0.25) is 0 Å². The summed E-state index contributed by atoms with van der Waals surface area (Å²) in [6.07, 6.45) is -4.50. The van der Waals surface area contributed by atoms with E-state index in [1.807, 2.05) is 0 Å². The molecule has 0 unspecified atom stereocenters. The Hall–Kier alpha value is -3.29. The fourth-order valence-corrected chi connectivity index (χ4v) is 2.49. The molecule has 0 atom stereocenters. The fourth-order valence-electron chi connectivity index (χ4n) is 2.49. The predicted molar refractivity (Wildman–Crippen MR) is 88.3 cm³/mol. The van der Waals surface area contributed by atoms with Gasteiger partial charge in [-0.1, -0.05) is 12.1 Å². The number of nitrogens with one attached hydrogen (secondary N) is 1. The van der Waals surface area contributed by atoms with Crippen molar-refractivity contribution in [2.45, 2.75) is 13.1 Å². The molecular weight excluding hydrogens is 351 g/mol. The minimum Gasteiger partial charge on any atom is -0.506 e. The van der Waals surface area contributed by atoms with Gasteiger partial charge in [-0.2, -0.15) is 13.2 Å². The molecule has 2 N–H and O–H groups in total. The number of aryl methyl sites for hydroxylation is 1. The number of alkyl halides is 3. The molecule has 5 nitrogen and oxygen atoms in total. The molecule has 0 bridgehead atoms. The monoisotopic (exact) mass is 363 g/mol. The maximum absolute atomic E-state index is 12.6. The minimum atomic E-state index is -4.50. The lowest BCUT2D eigenvalue weighted by Crippen LogP contribution is -2.21. The predicted octanol–water partition coefficient (Wildman–Crippen LogP) is 4.08. The number of carbonyl (C=O) groups is 1. The van der Waals surface area contributed by atoms with Crippen LogP contribution in [0.5, 0.6) is 5.75 Å². The highest BCUT2D eigenvalue weighted by atomic mass is 19.4. The molecule has 3 rings (SSSR count). The van der Waals surface area contributed by atoms with Crippen LogP contribution in [-0.2, 0) is 6.18 Å². The topological polar surface area (TPSA) is 79.5 Å². The fraction of sp³-hybridized carbons (Fsp3) is 0.111. The maximum atomic E-state index is 12.6. The average molecular weight is 363 g/mol. The normalized spacial score (nSPS) is 11.5. The molecule has 0 aliphatic heterocycles. The van der Waals surface area contributed by atoms with Crippen molar-refractivity contribution in [3.05, 3.63) is 69.6 Å². The van der Waals surface area contributed by atoms with Crippen molar-refractivity contribution in [3.8, 4) is 5.75 Å². The van der Waals surface area contributed by atoms with E-state index in [9.17, 15) is 27.9 Å². The number of rotatable bonds is 2. The van der Waals surface area contributed by atoms with Gasteiger partial charge in [0.15, 0.2) is 5.56 Å². The van der Waals surface area contributed by atoms with Crippen molar-refractivity contribution in [2.75, 3.05) is 5.32 Å². The number of carbonyl (C=O) groups excluding carboxylic acids is 1. The van der Waals surface area contributed by atoms with Crippen LogP contribution in [0, 0.1) is 6.92 Å². The van der Waals surface area contributed by atoms with Crippen LogP contribution in [0.25, 0.3) is 11.0 Å². The van der Waals surface area contributed by atoms with E-state index < -0.39 is 34.6 Å². The lowest BCUT2D eigenvalue weighted by atomic mass is 10.1. The summed E-state index contributed by atoms with van der Waals surface area (Å²) >= 11 is 0. The molecule has 0 aliphatic carbocycles. The van der Waals surface area contributed by atoms with Crippen LogP contribution in [0.1, 0.15) is 21.5 Å². The summed E-state index contributed by atoms with van der Waals surface area (Å²) in [7, 11) is 0. The molecule has 134 valence electrons. The summed E-state index contributed by atoms with van der Waals surface area (Å²) in [5, 5.41) is 12.7. The van der Waals surface area contributed by atoms with Gasteiger partial charge in [0.25, 0.3) is 5.91 Å². The molecule has 0 saturated carbocycles. The number of hydrogen-bond acceptors (Lipinski definition) is 4. The number of aromatic hydroxyl groups is 1. The highest BCUT2D eigenvalue weighted by Gasteiger charge is 2.30. The third kappa shape index (κ3) is 3.13. The number of amides is 1. The molecule has 0 aliphatic rings. The van der Waals surface area contributed by atoms with E-state index in [1.165, 1.54) is 6.07 Å². The highest BCUT2D eigenvalue weighted by Crippen LogP contribution is 2.31. The van der Waals surface area contributed by atoms with Gasteiger partial charge in [0.1, 0.15) is 11.3 Å². The summed E-state index contributed by atoms with van der Waals surface area (Å²) < 4.78 is 42.8. The van der Waals surface area contributed by atoms with Gasteiger partial charge >= 0.3 is 11.8 Å². The SMILES string of the molecule is Cc1cccc2c(O)c(C(=O)Nc3ccc(C(F)(F)F)cc3)c(=O)oc12. The van der Waals surface area contributed by atoms with Gasteiger partial charge in [-0.25, -0.2) is 4.79 Å². The van der Waals surface area contributed by atoms with E-state index in [4.69, 9.17) is 4.42 Å². The molecule has 1 heterocycles. The molecule has 1 amide bonds. The molecule has 0 radical (unpaired) electrons. The minimum absolute atomic E-state index is 0.0335. The van der Waals surface area contributed by atoms with E-state index in [2.05, 4.69) is 5.32 Å². The summed E-state index contributed by atoms with van der Waals surface area (Å²) in [5.74, 6) is -1.54. The molecule has 26 heavy (non-hydrogen) atoms. The molecule has 8 heteroatoms. The summed E-state index contributed by atoms with van der Waals surface area (Å²) in [6, 6.07) is 8.45. The maximum Gasteiger partial charge on any atom is 0.416 e. The van der Waals surface area contributed by atoms with Gasteiger partial charge in [-0.3, -0.25) is 4.79 Å². The van der Waals surface area contributed by atoms with Crippen LogP contribution >= 0.6 is 0 Å². The van der Waals surface area contributed by atoms with Crippen molar-refractivity contribution in [1.82, 2.24) is 0 Å². The van der Waals surface area contributed by atoms with Crippen LogP contribution in [-0.4, -0.2) is 11.0 Å². The van der Waals surface area contributed by atoms with E-state index in [0.717, 1.165) is 24.3 Å². The van der Waals surface area contributed by atoms with E-state index >= 15 is 0 Å². The summed E-state index contributed by atoms with van der Waals surface area (Å²) in [4.78, 5) is 24.4. The Kier molecular flexibility index (Phi) is 4.19. The van der Waals surface area contributed by atoms with Crippen LogP contribution in [0.4, 0.5) is 18.9 Å². The van der Waals surface area contributed by atoms with Crippen molar-refractivity contribution >= 4 is 22.6 Å². The Morgan fingerprint density at radius 2 is 1.77 bits per heavy atom. The molecule has 0 spiro atoms. The van der Waals surface area contributed by atoms with Crippen molar-refractivity contribution in [1.29, 1.82) is 0 Å². The van der Waals surface area contributed by atoms with Gasteiger partial charge in [-0.05, 0) is 42.8 Å². The largest absolute Gasteiger partial charge is 0.506 e. The zero-order valence-corrected chi connectivity index (χ0v) is 13.3. The zero-order valence-electron chi connectivity index (χ0n) is 13.3. The summed E-state index contributed by atoms with van der Waals surface area (Å²) in [5.41, 5.74) is -1.76. The third-order valence-corrected chi connectivity index (χ3v) is 3.80. The Morgan fingerprint density at radius 1 is 1.12 bits per heavy atom. The van der Waals surface area contributed by atoms with Crippen molar-refractivity contribution in [3.63, 3.8) is 0 Å². The number of anilines is 1. The molecule has 2 aromatic carbocycles. The van der Waals surface area contributed by atoms with Gasteiger partial charge < -0.3 is 14.8 Å². The highest BCUT2D eigenvalue weighted by molar-refractivity contribution is 6.08. The summed E-state index contributed by atoms with van der Waals surface area (Å²) in [6.45, 7) is 1.67. The number of fused-ring (bicyclic) bond motifs is 1. The van der Waals surface area contributed by atoms with Crippen LogP contribution in [0.15, 0.2) is 51.7 Å². The Bertz CT molecular complexity index is 1050. The second-order valence-corrected chi connectivity index (χ2v) is 5.59. The lowest BCUT2D eigenvalue weighted by Gasteiger charge is -2.10. The van der Waals surface area contributed by atoms with E-state index in [-0.39, 0.29) is 16.7 Å². The third-order valence-electron chi connectivity index (χ3n) is 3.80. The molecule has 0 saturated heterocycles. The van der Waals surface area contributed by atoms with E-state index in [0.29, 0.717) is 5.56 Å². The van der Waals surface area contributed by atoms with Gasteiger partial charge in [-0.15, -0.1) is 0 Å². The molecule has 3 aromatic rings. The number of para-hydroxylation sites is 1. The molecular formula is C18H12F3NO4. The van der Waals surface area contributed by atoms with Crippen molar-refractivity contribution in [2.24, 2.45) is 0 Å². The van der Waals surface area contributed by atoms with Gasteiger partial charge in [0.05, 0.1) is 10.9 Å². The zero-order chi connectivity index (χ0) is 19.1. The second-order valence-electron chi connectivity index (χ2n) is 5.59. The lowest BCUT2D eigenvalue weighted by molar-refractivity contribution is -0.137. The Balaban J connectivity index is 1.97. The van der Waals surface area contributed by atoms with Crippen LogP contribution < -0.4 is 10.9 Å².